The van der Waals surface area contributed by atoms with Gasteiger partial charge in [0.15, 0.2) is 5.96 Å². The summed E-state index contributed by atoms with van der Waals surface area (Å²) < 4.78 is 5.53. The second kappa shape index (κ2) is 10.1. The summed E-state index contributed by atoms with van der Waals surface area (Å²) in [5.41, 5.74) is 2.50. The second-order valence-electron chi connectivity index (χ2n) is 8.21. The minimum atomic E-state index is -0.456. The van der Waals surface area contributed by atoms with E-state index in [9.17, 15) is 4.79 Å². The van der Waals surface area contributed by atoms with Gasteiger partial charge in [0.1, 0.15) is 5.60 Å². The van der Waals surface area contributed by atoms with Crippen molar-refractivity contribution < 1.29 is 9.53 Å². The first-order valence-electron chi connectivity index (χ1n) is 10.1. The number of nitrogens with one attached hydrogen (secondary N) is 1. The lowest BCUT2D eigenvalue weighted by atomic mass is 9.96. The van der Waals surface area contributed by atoms with Gasteiger partial charge >= 0.3 is 6.09 Å². The zero-order valence-electron chi connectivity index (χ0n) is 18.1. The number of thiazole rings is 1. The molecule has 0 radical (unpaired) electrons. The van der Waals surface area contributed by atoms with Crippen molar-refractivity contribution in [1.82, 2.24) is 20.1 Å². The molecule has 8 heteroatoms. The molecule has 1 aromatic rings. The quantitative estimate of drug-likeness (QED) is 0.595. The van der Waals surface area contributed by atoms with Crippen molar-refractivity contribution in [2.45, 2.75) is 59.6 Å². The number of piperidine rings is 1. The number of guanidine groups is 1. The average molecular weight is 410 g/mol. The van der Waals surface area contributed by atoms with Crippen LogP contribution >= 0.6 is 11.3 Å². The fourth-order valence-corrected chi connectivity index (χ4v) is 4.00. The number of hydrogen-bond donors (Lipinski definition) is 1. The van der Waals surface area contributed by atoms with Gasteiger partial charge in [-0.15, -0.1) is 11.3 Å². The number of aliphatic imine (C=N–C) groups is 1. The standard InChI is InChI=1S/C20H35N5O2S/c1-7-24(19(26)27-20(3,4)5)13-16-8-10-25(11-9-16)18(21-6)22-12-17-15(2)23-14-28-17/h14,16H,7-13H2,1-6H3,(H,21,22). The van der Waals surface area contributed by atoms with Crippen LogP contribution in [0, 0.1) is 12.8 Å². The van der Waals surface area contributed by atoms with Gasteiger partial charge in [0.2, 0.25) is 0 Å². The summed E-state index contributed by atoms with van der Waals surface area (Å²) in [5.74, 6) is 1.43. The summed E-state index contributed by atoms with van der Waals surface area (Å²) in [5, 5.41) is 3.45. The number of carbonyl (C=O) groups is 1. The average Bonchev–Trinajstić information content (AvgIpc) is 3.04. The number of aromatic nitrogens is 1. The Balaban J connectivity index is 1.82. The Hall–Kier alpha value is -1.83. The number of ether oxygens (including phenoxy) is 1. The van der Waals surface area contributed by atoms with Crippen LogP contribution in [-0.4, -0.2) is 65.7 Å². The maximum absolute atomic E-state index is 12.4. The molecule has 0 aromatic carbocycles. The predicted molar refractivity (Wildman–Crippen MR) is 115 cm³/mol. The van der Waals surface area contributed by atoms with Crippen molar-refractivity contribution in [3.05, 3.63) is 16.1 Å². The van der Waals surface area contributed by atoms with E-state index in [1.807, 2.05) is 52.1 Å². The summed E-state index contributed by atoms with van der Waals surface area (Å²) in [4.78, 5) is 26.5. The van der Waals surface area contributed by atoms with Gasteiger partial charge in [0, 0.05) is 38.1 Å². The molecule has 1 N–H and O–H groups in total. The van der Waals surface area contributed by atoms with Crippen LogP contribution in [0.1, 0.15) is 51.1 Å². The maximum atomic E-state index is 12.4. The van der Waals surface area contributed by atoms with Crippen molar-refractivity contribution >= 4 is 23.4 Å². The largest absolute Gasteiger partial charge is 0.444 e. The van der Waals surface area contributed by atoms with Gasteiger partial charge in [-0.05, 0) is 53.4 Å². The Labute approximate surface area is 173 Å². The number of aryl methyl sites for hydroxylation is 1. The Morgan fingerprint density at radius 2 is 2.11 bits per heavy atom. The van der Waals surface area contributed by atoms with Gasteiger partial charge in [-0.2, -0.15) is 0 Å². The predicted octanol–water partition coefficient (Wildman–Crippen LogP) is 3.50. The number of likely N-dealkylation sites (tertiary alicyclic amines) is 1. The van der Waals surface area contributed by atoms with E-state index in [4.69, 9.17) is 4.74 Å². The van der Waals surface area contributed by atoms with Crippen LogP contribution in [0.4, 0.5) is 4.79 Å². The Kier molecular flexibility index (Phi) is 8.10. The minimum Gasteiger partial charge on any atom is -0.444 e. The van der Waals surface area contributed by atoms with E-state index in [1.54, 1.807) is 11.3 Å². The fourth-order valence-electron chi connectivity index (χ4n) is 3.29. The highest BCUT2D eigenvalue weighted by molar-refractivity contribution is 7.09. The molecular formula is C20H35N5O2S. The molecule has 0 saturated carbocycles. The van der Waals surface area contributed by atoms with Crippen molar-refractivity contribution in [2.24, 2.45) is 10.9 Å². The highest BCUT2D eigenvalue weighted by Gasteiger charge is 2.27. The van der Waals surface area contributed by atoms with Crippen molar-refractivity contribution in [1.29, 1.82) is 0 Å². The van der Waals surface area contributed by atoms with Gasteiger partial charge in [0.05, 0.1) is 17.7 Å². The molecule has 1 aliphatic rings. The summed E-state index contributed by atoms with van der Waals surface area (Å²) >= 11 is 1.67. The Morgan fingerprint density at radius 1 is 1.43 bits per heavy atom. The third kappa shape index (κ3) is 6.65. The molecule has 1 fully saturated rings. The summed E-state index contributed by atoms with van der Waals surface area (Å²) in [6, 6.07) is 0. The van der Waals surface area contributed by atoms with E-state index in [0.717, 1.165) is 50.7 Å². The van der Waals surface area contributed by atoms with Crippen molar-refractivity contribution in [3.63, 3.8) is 0 Å². The zero-order chi connectivity index (χ0) is 20.7. The van der Waals surface area contributed by atoms with Crippen molar-refractivity contribution in [3.8, 4) is 0 Å². The van der Waals surface area contributed by atoms with E-state index in [1.165, 1.54) is 4.88 Å². The number of nitrogens with zero attached hydrogens (tertiary/aromatic N) is 4. The van der Waals surface area contributed by atoms with Crippen LogP contribution < -0.4 is 5.32 Å². The van der Waals surface area contributed by atoms with Crippen LogP contribution in [-0.2, 0) is 11.3 Å². The molecule has 0 atom stereocenters. The second-order valence-corrected chi connectivity index (χ2v) is 9.15. The third-order valence-electron chi connectivity index (χ3n) is 4.89. The minimum absolute atomic E-state index is 0.213. The van der Waals surface area contributed by atoms with Gasteiger partial charge in [-0.1, -0.05) is 0 Å². The van der Waals surface area contributed by atoms with Gasteiger partial charge in [0.25, 0.3) is 0 Å². The van der Waals surface area contributed by atoms with Crippen LogP contribution in [0.25, 0.3) is 0 Å². The molecular weight excluding hydrogens is 374 g/mol. The Morgan fingerprint density at radius 3 is 2.61 bits per heavy atom. The first-order chi connectivity index (χ1) is 13.2. The normalized spacial score (nSPS) is 16.2. The molecule has 1 saturated heterocycles. The van der Waals surface area contributed by atoms with E-state index in [0.29, 0.717) is 12.5 Å². The molecule has 1 aliphatic heterocycles. The number of amides is 1. The maximum Gasteiger partial charge on any atom is 0.410 e. The highest BCUT2D eigenvalue weighted by atomic mass is 32.1. The van der Waals surface area contributed by atoms with Gasteiger partial charge in [-0.3, -0.25) is 4.99 Å². The lowest BCUT2D eigenvalue weighted by molar-refractivity contribution is 0.0214. The van der Waals surface area contributed by atoms with Crippen LogP contribution in [0.5, 0.6) is 0 Å². The summed E-state index contributed by atoms with van der Waals surface area (Å²) in [6.07, 6.45) is 1.87. The van der Waals surface area contributed by atoms with E-state index in [2.05, 4.69) is 20.2 Å². The van der Waals surface area contributed by atoms with Crippen molar-refractivity contribution in [2.75, 3.05) is 33.2 Å². The molecule has 0 spiro atoms. The van der Waals surface area contributed by atoms with E-state index >= 15 is 0 Å². The SMILES string of the molecule is CCN(CC1CCN(C(=NC)NCc2scnc2C)CC1)C(=O)OC(C)(C)C. The molecule has 2 rings (SSSR count). The van der Waals surface area contributed by atoms with Crippen LogP contribution in [0.15, 0.2) is 10.5 Å². The molecule has 0 unspecified atom stereocenters. The monoisotopic (exact) mass is 409 g/mol. The van der Waals surface area contributed by atoms with E-state index < -0.39 is 5.60 Å². The third-order valence-corrected chi connectivity index (χ3v) is 5.82. The summed E-state index contributed by atoms with van der Waals surface area (Å²) in [7, 11) is 1.83. The lowest BCUT2D eigenvalue weighted by Crippen LogP contribution is -2.47. The fraction of sp³-hybridized carbons (Fsp3) is 0.750. The molecule has 0 bridgehead atoms. The first kappa shape index (κ1) is 22.5. The first-order valence-corrected chi connectivity index (χ1v) is 10.9. The van der Waals surface area contributed by atoms with Crippen LogP contribution in [0.2, 0.25) is 0 Å². The smallest absolute Gasteiger partial charge is 0.410 e. The number of carbonyl (C=O) groups excluding carboxylic acids is 1. The Bertz CT molecular complexity index is 660. The van der Waals surface area contributed by atoms with Gasteiger partial charge < -0.3 is 19.9 Å². The number of hydrogen-bond acceptors (Lipinski definition) is 5. The highest BCUT2D eigenvalue weighted by Crippen LogP contribution is 2.20. The molecule has 1 amide bonds. The lowest BCUT2D eigenvalue weighted by Gasteiger charge is -2.36. The van der Waals surface area contributed by atoms with Gasteiger partial charge in [-0.25, -0.2) is 9.78 Å². The molecule has 2 heterocycles. The molecule has 1 aromatic heterocycles. The topological polar surface area (TPSA) is 70.1 Å². The molecule has 28 heavy (non-hydrogen) atoms. The number of rotatable bonds is 5. The molecule has 7 nitrogen and oxygen atoms in total. The molecule has 158 valence electrons. The van der Waals surface area contributed by atoms with E-state index in [-0.39, 0.29) is 6.09 Å². The molecule has 0 aliphatic carbocycles. The zero-order valence-corrected chi connectivity index (χ0v) is 18.9. The summed E-state index contributed by atoms with van der Waals surface area (Å²) in [6.45, 7) is 13.8. The van der Waals surface area contributed by atoms with Crippen LogP contribution in [0.3, 0.4) is 0 Å².